The van der Waals surface area contributed by atoms with Crippen molar-refractivity contribution in [1.29, 1.82) is 0 Å². The molecule has 0 aromatic heterocycles. The van der Waals surface area contributed by atoms with E-state index in [9.17, 15) is 0 Å². The highest BCUT2D eigenvalue weighted by Crippen LogP contribution is 2.31. The molecule has 5 atom stereocenters. The lowest BCUT2D eigenvalue weighted by Crippen LogP contribution is -2.60. The van der Waals surface area contributed by atoms with Crippen LogP contribution in [0.4, 0.5) is 4.39 Å². The van der Waals surface area contributed by atoms with Crippen LogP contribution in [-0.4, -0.2) is 37.4 Å². The largest absolute Gasteiger partial charge is 0.374 e. The summed E-state index contributed by atoms with van der Waals surface area (Å²) in [6, 6.07) is 39.2. The van der Waals surface area contributed by atoms with Gasteiger partial charge in [-0.25, -0.2) is 4.39 Å². The van der Waals surface area contributed by atoms with Crippen molar-refractivity contribution in [3.05, 3.63) is 144 Å². The third-order valence-electron chi connectivity index (χ3n) is 6.83. The summed E-state index contributed by atoms with van der Waals surface area (Å²) in [5.74, 6) is 0. The highest BCUT2D eigenvalue weighted by Gasteiger charge is 2.48. The van der Waals surface area contributed by atoms with E-state index < -0.39 is 30.8 Å². The fourth-order valence-electron chi connectivity index (χ4n) is 4.73. The van der Waals surface area contributed by atoms with Crippen LogP contribution in [0, 0.1) is 0 Å². The zero-order valence-electron chi connectivity index (χ0n) is 22.4. The van der Waals surface area contributed by atoms with Crippen LogP contribution in [0.1, 0.15) is 22.3 Å². The first-order valence-corrected chi connectivity index (χ1v) is 13.6. The summed E-state index contributed by atoms with van der Waals surface area (Å²) >= 11 is 0. The molecule has 40 heavy (non-hydrogen) atoms. The topological polar surface area (TPSA) is 46.2 Å². The molecule has 1 saturated heterocycles. The van der Waals surface area contributed by atoms with Crippen molar-refractivity contribution in [2.24, 2.45) is 0 Å². The first-order chi connectivity index (χ1) is 19.8. The van der Waals surface area contributed by atoms with E-state index in [0.717, 1.165) is 22.3 Å². The van der Waals surface area contributed by atoms with E-state index in [4.69, 9.17) is 23.7 Å². The Balaban J connectivity index is 1.36. The van der Waals surface area contributed by atoms with Gasteiger partial charge in [0.15, 0.2) is 0 Å². The van der Waals surface area contributed by atoms with Crippen LogP contribution in [0.25, 0.3) is 0 Å². The molecule has 0 spiro atoms. The van der Waals surface area contributed by atoms with Gasteiger partial charge in [-0.15, -0.1) is 0 Å². The lowest BCUT2D eigenvalue weighted by Gasteiger charge is -2.43. The average Bonchev–Trinajstić information content (AvgIpc) is 3.01. The molecular formula is C34H35FO5. The Hall–Kier alpha value is -3.39. The molecule has 4 aromatic rings. The highest BCUT2D eigenvalue weighted by atomic mass is 19.1. The van der Waals surface area contributed by atoms with Gasteiger partial charge in [0.2, 0.25) is 6.36 Å². The molecule has 5 nitrogen and oxygen atoms in total. The molecule has 0 N–H and O–H groups in total. The van der Waals surface area contributed by atoms with E-state index in [-0.39, 0.29) is 19.8 Å². The molecule has 6 heteroatoms. The Bertz CT molecular complexity index is 1240. The summed E-state index contributed by atoms with van der Waals surface area (Å²) in [6.07, 6.45) is -4.77. The molecule has 0 aliphatic carbocycles. The molecule has 0 saturated carbocycles. The molecule has 0 amide bonds. The molecule has 4 aromatic carbocycles. The van der Waals surface area contributed by atoms with Crippen LogP contribution >= 0.6 is 0 Å². The third kappa shape index (κ3) is 8.07. The normalized spacial score (nSPS) is 22.7. The maximum absolute atomic E-state index is 15.7. The smallest absolute Gasteiger partial charge is 0.228 e. The van der Waals surface area contributed by atoms with Crippen molar-refractivity contribution < 1.29 is 28.1 Å². The van der Waals surface area contributed by atoms with Crippen LogP contribution in [-0.2, 0) is 50.1 Å². The van der Waals surface area contributed by atoms with Crippen molar-refractivity contribution in [3.63, 3.8) is 0 Å². The number of alkyl halides is 1. The fourth-order valence-corrected chi connectivity index (χ4v) is 4.73. The quantitative estimate of drug-likeness (QED) is 0.189. The van der Waals surface area contributed by atoms with Gasteiger partial charge in [-0.2, -0.15) is 0 Å². The van der Waals surface area contributed by atoms with Crippen molar-refractivity contribution in [2.45, 2.75) is 57.2 Å². The molecule has 0 unspecified atom stereocenters. The molecular weight excluding hydrogens is 507 g/mol. The van der Waals surface area contributed by atoms with Gasteiger partial charge in [0.05, 0.1) is 33.0 Å². The molecule has 0 radical (unpaired) electrons. The molecule has 1 aliphatic heterocycles. The first kappa shape index (κ1) is 28.1. The zero-order valence-corrected chi connectivity index (χ0v) is 22.4. The van der Waals surface area contributed by atoms with Crippen LogP contribution < -0.4 is 0 Å². The van der Waals surface area contributed by atoms with Gasteiger partial charge < -0.3 is 23.7 Å². The number of ether oxygens (including phenoxy) is 5. The Morgan fingerprint density at radius 3 is 1.30 bits per heavy atom. The van der Waals surface area contributed by atoms with E-state index in [1.54, 1.807) is 0 Å². The van der Waals surface area contributed by atoms with Gasteiger partial charge in [0, 0.05) is 0 Å². The van der Waals surface area contributed by atoms with E-state index in [1.807, 2.05) is 121 Å². The zero-order chi connectivity index (χ0) is 27.4. The third-order valence-corrected chi connectivity index (χ3v) is 6.83. The summed E-state index contributed by atoms with van der Waals surface area (Å²) in [6.45, 7) is 1.35. The minimum atomic E-state index is -1.72. The van der Waals surface area contributed by atoms with E-state index >= 15 is 4.39 Å². The molecule has 1 aliphatic rings. The lowest BCUT2D eigenvalue weighted by molar-refractivity contribution is -0.298. The van der Waals surface area contributed by atoms with Crippen molar-refractivity contribution in [1.82, 2.24) is 0 Å². The number of rotatable bonds is 13. The number of halogens is 1. The van der Waals surface area contributed by atoms with Gasteiger partial charge in [-0.1, -0.05) is 121 Å². The van der Waals surface area contributed by atoms with Gasteiger partial charge in [-0.3, -0.25) is 0 Å². The lowest BCUT2D eigenvalue weighted by atomic mass is 9.98. The summed E-state index contributed by atoms with van der Waals surface area (Å²) in [4.78, 5) is 0. The predicted molar refractivity (Wildman–Crippen MR) is 151 cm³/mol. The first-order valence-electron chi connectivity index (χ1n) is 13.6. The molecule has 5 rings (SSSR count). The predicted octanol–water partition coefficient (Wildman–Crippen LogP) is 6.65. The molecule has 208 valence electrons. The molecule has 0 bridgehead atoms. The van der Waals surface area contributed by atoms with E-state index in [1.165, 1.54) is 0 Å². The maximum Gasteiger partial charge on any atom is 0.228 e. The molecule has 1 fully saturated rings. The van der Waals surface area contributed by atoms with Crippen LogP contribution in [0.15, 0.2) is 121 Å². The minimum Gasteiger partial charge on any atom is -0.374 e. The van der Waals surface area contributed by atoms with Gasteiger partial charge in [0.25, 0.3) is 0 Å². The van der Waals surface area contributed by atoms with Gasteiger partial charge in [0.1, 0.15) is 24.4 Å². The van der Waals surface area contributed by atoms with E-state index in [0.29, 0.717) is 13.2 Å². The second kappa shape index (κ2) is 14.8. The van der Waals surface area contributed by atoms with E-state index in [2.05, 4.69) is 0 Å². The fraction of sp³-hybridized carbons (Fsp3) is 0.294. The summed E-state index contributed by atoms with van der Waals surface area (Å²) in [5, 5.41) is 0. The number of benzene rings is 4. The monoisotopic (exact) mass is 542 g/mol. The number of hydrogen-bond acceptors (Lipinski definition) is 5. The second-order valence-electron chi connectivity index (χ2n) is 9.81. The van der Waals surface area contributed by atoms with Crippen LogP contribution in [0.5, 0.6) is 0 Å². The number of hydrogen-bond donors (Lipinski definition) is 0. The highest BCUT2D eigenvalue weighted by molar-refractivity contribution is 5.16. The van der Waals surface area contributed by atoms with Crippen molar-refractivity contribution in [3.8, 4) is 0 Å². The van der Waals surface area contributed by atoms with Crippen molar-refractivity contribution in [2.75, 3.05) is 6.61 Å². The minimum absolute atomic E-state index is 0.144. The summed E-state index contributed by atoms with van der Waals surface area (Å²) in [7, 11) is 0. The SMILES string of the molecule is F[C@@H]1O[C@H](COCc2ccccc2)[C@H](OCc2ccccc2)[C@H](OCc2ccccc2)[C@@H]1OCc1ccccc1. The maximum atomic E-state index is 15.7. The Kier molecular flexibility index (Phi) is 10.4. The van der Waals surface area contributed by atoms with Gasteiger partial charge >= 0.3 is 0 Å². The summed E-state index contributed by atoms with van der Waals surface area (Å²) in [5.41, 5.74) is 3.94. The standard InChI is InChI=1S/C34H35FO5/c35-34-33(39-24-29-19-11-4-12-20-29)32(38-23-28-17-9-3-10-18-28)31(37-22-27-15-7-2-8-16-27)30(40-34)25-36-21-26-13-5-1-6-14-26/h1-20,30-34H,21-25H2/t30-,31+,32+,33+,34-/m1/s1. The summed E-state index contributed by atoms with van der Waals surface area (Å²) < 4.78 is 46.6. The average molecular weight is 543 g/mol. The van der Waals surface area contributed by atoms with Crippen molar-refractivity contribution >= 4 is 0 Å². The second-order valence-corrected chi connectivity index (χ2v) is 9.81. The van der Waals surface area contributed by atoms with Crippen LogP contribution in [0.2, 0.25) is 0 Å². The Morgan fingerprint density at radius 1 is 0.475 bits per heavy atom. The van der Waals surface area contributed by atoms with Crippen LogP contribution in [0.3, 0.4) is 0 Å². The Labute approximate surface area is 235 Å². The Morgan fingerprint density at radius 2 is 0.850 bits per heavy atom. The molecule has 1 heterocycles. The van der Waals surface area contributed by atoms with Gasteiger partial charge in [-0.05, 0) is 22.3 Å².